The maximum atomic E-state index is 12.9. The minimum atomic E-state index is -1.43. The van der Waals surface area contributed by atoms with Gasteiger partial charge in [0.15, 0.2) is 23.7 Å². The highest BCUT2D eigenvalue weighted by atomic mass is 16.6. The molecule has 1 fully saturated rings. The molecule has 194 valence electrons. The first-order chi connectivity index (χ1) is 17.0. The zero-order valence-electron chi connectivity index (χ0n) is 20.4. The number of hydrogen-bond donors (Lipinski definition) is 3. The Morgan fingerprint density at radius 2 is 2.08 bits per heavy atom. The third-order valence-corrected chi connectivity index (χ3v) is 8.12. The molecule has 0 unspecified atom stereocenters. The minimum absolute atomic E-state index is 0.143. The van der Waals surface area contributed by atoms with E-state index in [1.165, 1.54) is 6.92 Å². The van der Waals surface area contributed by atoms with Gasteiger partial charge in [0.05, 0.1) is 24.5 Å². The van der Waals surface area contributed by atoms with E-state index in [-0.39, 0.29) is 18.2 Å². The lowest BCUT2D eigenvalue weighted by Gasteiger charge is -2.61. The molecule has 2 aliphatic heterocycles. The lowest BCUT2D eigenvalue weighted by atomic mass is 9.50. The van der Waals surface area contributed by atoms with Crippen molar-refractivity contribution in [3.8, 4) is 11.5 Å². The second kappa shape index (κ2) is 8.46. The van der Waals surface area contributed by atoms with Crippen LogP contribution in [0.15, 0.2) is 24.0 Å². The van der Waals surface area contributed by atoms with Gasteiger partial charge >= 0.3 is 17.9 Å². The van der Waals surface area contributed by atoms with Crippen molar-refractivity contribution in [1.82, 2.24) is 4.90 Å². The molecular formula is C25H30N2O9. The molecule has 2 bridgehead atoms. The van der Waals surface area contributed by atoms with Crippen LogP contribution < -0.4 is 15.2 Å². The summed E-state index contributed by atoms with van der Waals surface area (Å²) in [5.74, 6) is -1.79. The monoisotopic (exact) mass is 502 g/mol. The smallest absolute Gasteiger partial charge is 0.352 e. The number of piperidine rings is 1. The van der Waals surface area contributed by atoms with Crippen molar-refractivity contribution in [3.05, 3.63) is 35.1 Å². The van der Waals surface area contributed by atoms with Crippen LogP contribution in [-0.4, -0.2) is 83.6 Å². The van der Waals surface area contributed by atoms with Crippen molar-refractivity contribution in [2.75, 3.05) is 20.7 Å². The summed E-state index contributed by atoms with van der Waals surface area (Å²) in [5, 5.41) is 21.0. The molecular weight excluding hydrogens is 472 g/mol. The molecule has 5 rings (SSSR count). The van der Waals surface area contributed by atoms with Gasteiger partial charge in [-0.15, -0.1) is 0 Å². The quantitative estimate of drug-likeness (QED) is 0.439. The SMILES string of the molecule is COc1ccc2c3c1O[C@H]1C(OC(=O)[C@H](C)OC(=O)C[C@H](N)C(=O)O)=CC[C@@]4(O)[C@H](C2)N(C)CC[C@]314. The number of esters is 2. The van der Waals surface area contributed by atoms with E-state index < -0.39 is 53.6 Å². The molecule has 0 amide bonds. The third-order valence-electron chi connectivity index (χ3n) is 8.12. The summed E-state index contributed by atoms with van der Waals surface area (Å²) in [4.78, 5) is 37.9. The number of carboxylic acid groups (broad SMARTS) is 1. The summed E-state index contributed by atoms with van der Waals surface area (Å²) in [7, 11) is 3.55. The summed E-state index contributed by atoms with van der Waals surface area (Å²) in [6, 6.07) is 2.28. The molecule has 36 heavy (non-hydrogen) atoms. The molecule has 0 saturated carbocycles. The topological polar surface area (TPSA) is 158 Å². The maximum absolute atomic E-state index is 12.9. The first-order valence-electron chi connectivity index (χ1n) is 11.9. The Balaban J connectivity index is 1.44. The standard InChI is InChI=1S/C25H30N2O9/c1-12(34-18(28)11-14(26)22(29)30)23(31)35-16-6-7-25(32)17-10-13-4-5-15(33-3)20-19(13)24(25,21(16)36-20)8-9-27(17)2/h4-6,12,14,17,21,32H,7-11,26H2,1-3H3,(H,29,30)/t12-,14-,17-,21-,24-,25+/m0/s1. The fourth-order valence-electron chi connectivity index (χ4n) is 6.35. The summed E-state index contributed by atoms with van der Waals surface area (Å²) >= 11 is 0. The van der Waals surface area contributed by atoms with Crippen LogP contribution in [0.3, 0.4) is 0 Å². The van der Waals surface area contributed by atoms with Crippen LogP contribution in [0.25, 0.3) is 0 Å². The van der Waals surface area contributed by atoms with Crippen molar-refractivity contribution >= 4 is 17.9 Å². The van der Waals surface area contributed by atoms with Crippen molar-refractivity contribution < 1.29 is 43.5 Å². The molecule has 6 atom stereocenters. The number of rotatable bonds is 7. The highest BCUT2D eigenvalue weighted by Gasteiger charge is 2.72. The fourth-order valence-corrected chi connectivity index (χ4v) is 6.35. The Morgan fingerprint density at radius 1 is 1.33 bits per heavy atom. The van der Waals surface area contributed by atoms with Gasteiger partial charge in [0.2, 0.25) is 0 Å². The Kier molecular flexibility index (Phi) is 5.77. The highest BCUT2D eigenvalue weighted by Crippen LogP contribution is 2.65. The van der Waals surface area contributed by atoms with Crippen LogP contribution in [-0.2, 0) is 35.7 Å². The fraction of sp³-hybridized carbons (Fsp3) is 0.560. The second-order valence-corrected chi connectivity index (χ2v) is 9.99. The number of likely N-dealkylation sites (tertiary alicyclic amines) is 1. The second-order valence-electron chi connectivity index (χ2n) is 9.99. The van der Waals surface area contributed by atoms with Gasteiger partial charge in [0, 0.05) is 18.0 Å². The number of aliphatic hydroxyl groups is 1. The molecule has 4 aliphatic rings. The number of nitrogens with two attached hydrogens (primary N) is 1. The molecule has 2 heterocycles. The van der Waals surface area contributed by atoms with Gasteiger partial charge in [-0.25, -0.2) is 4.79 Å². The Morgan fingerprint density at radius 3 is 2.78 bits per heavy atom. The molecule has 1 spiro atoms. The Bertz CT molecular complexity index is 1170. The van der Waals surface area contributed by atoms with Crippen LogP contribution in [0, 0.1) is 0 Å². The third kappa shape index (κ3) is 3.33. The number of methoxy groups -OCH3 is 1. The van der Waals surface area contributed by atoms with Crippen LogP contribution in [0.2, 0.25) is 0 Å². The summed E-state index contributed by atoms with van der Waals surface area (Å²) < 4.78 is 22.7. The van der Waals surface area contributed by atoms with Gasteiger partial charge in [-0.2, -0.15) is 0 Å². The number of aliphatic carboxylic acids is 1. The van der Waals surface area contributed by atoms with Gasteiger partial charge in [0.1, 0.15) is 11.8 Å². The van der Waals surface area contributed by atoms with Gasteiger partial charge in [-0.1, -0.05) is 6.07 Å². The normalized spacial score (nSPS) is 31.3. The average Bonchev–Trinajstić information content (AvgIpc) is 3.18. The van der Waals surface area contributed by atoms with E-state index in [2.05, 4.69) is 4.90 Å². The number of benzene rings is 1. The van der Waals surface area contributed by atoms with Crippen molar-refractivity contribution in [2.45, 2.75) is 67.9 Å². The Labute approximate surface area is 207 Å². The summed E-state index contributed by atoms with van der Waals surface area (Å²) in [5.41, 5.74) is 5.36. The predicted octanol–water partition coefficient (Wildman–Crippen LogP) is 0.250. The van der Waals surface area contributed by atoms with E-state index in [4.69, 9.17) is 29.8 Å². The zero-order valence-corrected chi connectivity index (χ0v) is 20.4. The number of carbonyl (C=O) groups excluding carboxylic acids is 2. The number of carboxylic acids is 1. The lowest BCUT2D eigenvalue weighted by Crippen LogP contribution is -2.74. The molecule has 11 heteroatoms. The first kappa shape index (κ1) is 24.5. The van der Waals surface area contributed by atoms with E-state index >= 15 is 0 Å². The molecule has 0 aromatic heterocycles. The van der Waals surface area contributed by atoms with Crippen molar-refractivity contribution in [2.24, 2.45) is 5.73 Å². The largest absolute Gasteiger partial charge is 0.493 e. The van der Waals surface area contributed by atoms with E-state index in [1.54, 1.807) is 13.2 Å². The van der Waals surface area contributed by atoms with Crippen molar-refractivity contribution in [3.63, 3.8) is 0 Å². The molecule has 2 aliphatic carbocycles. The minimum Gasteiger partial charge on any atom is -0.493 e. The number of ether oxygens (including phenoxy) is 4. The zero-order chi connectivity index (χ0) is 26.0. The Hall–Kier alpha value is -3.15. The van der Waals surface area contributed by atoms with E-state index in [9.17, 15) is 19.5 Å². The van der Waals surface area contributed by atoms with E-state index in [1.807, 2.05) is 19.2 Å². The number of carbonyl (C=O) groups is 3. The van der Waals surface area contributed by atoms with Gasteiger partial charge in [-0.05, 0) is 51.1 Å². The molecule has 1 aromatic rings. The molecule has 1 saturated heterocycles. The number of hydrogen-bond acceptors (Lipinski definition) is 10. The maximum Gasteiger partial charge on any atom is 0.352 e. The average molecular weight is 503 g/mol. The summed E-state index contributed by atoms with van der Waals surface area (Å²) in [6.45, 7) is 2.06. The van der Waals surface area contributed by atoms with Gasteiger partial charge < -0.3 is 39.8 Å². The van der Waals surface area contributed by atoms with E-state index in [0.29, 0.717) is 24.3 Å². The van der Waals surface area contributed by atoms with Crippen molar-refractivity contribution in [1.29, 1.82) is 0 Å². The lowest BCUT2D eigenvalue weighted by molar-refractivity contribution is -0.175. The number of likely N-dealkylation sites (N-methyl/N-ethyl adjacent to an activating group) is 1. The van der Waals surface area contributed by atoms with Crippen LogP contribution in [0.5, 0.6) is 11.5 Å². The molecule has 1 aromatic carbocycles. The molecule has 11 nitrogen and oxygen atoms in total. The van der Waals surface area contributed by atoms with Crippen LogP contribution >= 0.6 is 0 Å². The van der Waals surface area contributed by atoms with E-state index in [0.717, 1.165) is 17.7 Å². The molecule has 4 N–H and O–H groups in total. The van der Waals surface area contributed by atoms with Gasteiger partial charge in [0.25, 0.3) is 0 Å². The number of nitrogens with zero attached hydrogens (tertiary/aromatic N) is 1. The van der Waals surface area contributed by atoms with Crippen LogP contribution in [0.1, 0.15) is 37.3 Å². The highest BCUT2D eigenvalue weighted by molar-refractivity contribution is 5.84. The van der Waals surface area contributed by atoms with Gasteiger partial charge in [-0.3, -0.25) is 9.59 Å². The van der Waals surface area contributed by atoms with Crippen LogP contribution in [0.4, 0.5) is 0 Å². The summed E-state index contributed by atoms with van der Waals surface area (Å²) in [6.07, 6.45) is 0.512. The molecule has 0 radical (unpaired) electrons. The predicted molar refractivity (Wildman–Crippen MR) is 123 cm³/mol. The first-order valence-corrected chi connectivity index (χ1v) is 11.9.